The minimum atomic E-state index is 0.0589. The number of carbonyl (C=O) groups excluding carboxylic acids is 1. The van der Waals surface area contributed by atoms with Crippen molar-refractivity contribution < 1.29 is 4.79 Å². The van der Waals surface area contributed by atoms with E-state index in [1.54, 1.807) is 11.3 Å². The van der Waals surface area contributed by atoms with Crippen LogP contribution in [0, 0.1) is 11.8 Å². The zero-order valence-electron chi connectivity index (χ0n) is 13.1. The van der Waals surface area contributed by atoms with E-state index in [0.717, 1.165) is 30.2 Å². The van der Waals surface area contributed by atoms with Crippen molar-refractivity contribution in [3.05, 3.63) is 16.1 Å². The highest BCUT2D eigenvalue weighted by Gasteiger charge is 2.42. The van der Waals surface area contributed by atoms with Crippen LogP contribution in [0.1, 0.15) is 44.3 Å². The number of nitrogens with two attached hydrogens (primary N) is 1. The number of carbonyl (C=O) groups is 1. The molecule has 3 unspecified atom stereocenters. The number of rotatable bonds is 2. The first-order valence-electron chi connectivity index (χ1n) is 7.83. The van der Waals surface area contributed by atoms with Gasteiger partial charge in [-0.3, -0.25) is 4.79 Å². The lowest BCUT2D eigenvalue weighted by Crippen LogP contribution is -2.34. The molecule has 1 saturated carbocycles. The highest BCUT2D eigenvalue weighted by atomic mass is 32.1. The maximum absolute atomic E-state index is 12.5. The van der Waals surface area contributed by atoms with E-state index in [2.05, 4.69) is 25.8 Å². The largest absolute Gasteiger partial charge is 0.342 e. The van der Waals surface area contributed by atoms with Gasteiger partial charge in [0.05, 0.1) is 17.1 Å². The van der Waals surface area contributed by atoms with Gasteiger partial charge in [-0.15, -0.1) is 11.3 Å². The number of hydrogen-bond donors (Lipinski definition) is 1. The van der Waals surface area contributed by atoms with E-state index in [9.17, 15) is 4.79 Å². The van der Waals surface area contributed by atoms with Gasteiger partial charge in [-0.05, 0) is 24.7 Å². The Labute approximate surface area is 130 Å². The maximum atomic E-state index is 12.5. The monoisotopic (exact) mass is 307 g/mol. The molecule has 0 bridgehead atoms. The molecule has 5 heteroatoms. The van der Waals surface area contributed by atoms with Crippen LogP contribution in [0.15, 0.2) is 5.38 Å². The van der Waals surface area contributed by atoms with Crippen LogP contribution in [-0.2, 0) is 16.6 Å². The maximum Gasteiger partial charge on any atom is 0.228 e. The fourth-order valence-corrected chi connectivity index (χ4v) is 4.42. The molecule has 4 nitrogen and oxygen atoms in total. The van der Waals surface area contributed by atoms with Crippen LogP contribution in [-0.4, -0.2) is 34.9 Å². The molecular weight excluding hydrogens is 282 g/mol. The third-order valence-corrected chi connectivity index (χ3v) is 6.11. The van der Waals surface area contributed by atoms with Crippen LogP contribution < -0.4 is 5.73 Å². The molecular formula is C16H25N3OS. The Kier molecular flexibility index (Phi) is 3.82. The van der Waals surface area contributed by atoms with Crippen molar-refractivity contribution in [3.8, 4) is 0 Å². The van der Waals surface area contributed by atoms with Gasteiger partial charge >= 0.3 is 0 Å². The molecule has 1 amide bonds. The summed E-state index contributed by atoms with van der Waals surface area (Å²) in [6.45, 7) is 8.20. The predicted molar refractivity (Wildman–Crippen MR) is 85.3 cm³/mol. The molecule has 2 N–H and O–H groups in total. The Morgan fingerprint density at radius 2 is 2.19 bits per heavy atom. The molecule has 1 saturated heterocycles. The normalized spacial score (nSPS) is 29.0. The zero-order valence-corrected chi connectivity index (χ0v) is 13.9. The van der Waals surface area contributed by atoms with E-state index in [0.29, 0.717) is 24.3 Å². The lowest BCUT2D eigenvalue weighted by molar-refractivity contribution is -0.129. The van der Waals surface area contributed by atoms with Crippen molar-refractivity contribution in [2.24, 2.45) is 17.6 Å². The number of amides is 1. The standard InChI is InChI=1S/C16H25N3OS/c1-16(2,3)15-18-11(9-21-15)6-14(20)19-7-10-4-5-13(17)12(10)8-19/h9-10,12-13H,4-8,17H2,1-3H3. The summed E-state index contributed by atoms with van der Waals surface area (Å²) in [6.07, 6.45) is 2.74. The van der Waals surface area contributed by atoms with Crippen molar-refractivity contribution in [3.63, 3.8) is 0 Å². The molecule has 3 rings (SSSR count). The zero-order chi connectivity index (χ0) is 15.2. The van der Waals surface area contributed by atoms with Crippen LogP contribution in [0.3, 0.4) is 0 Å². The molecule has 0 aromatic carbocycles. The second-order valence-electron chi connectivity index (χ2n) is 7.53. The molecule has 21 heavy (non-hydrogen) atoms. The van der Waals surface area contributed by atoms with E-state index in [1.807, 2.05) is 10.3 Å². The van der Waals surface area contributed by atoms with Crippen LogP contribution in [0.2, 0.25) is 0 Å². The molecule has 1 aliphatic heterocycles. The summed E-state index contributed by atoms with van der Waals surface area (Å²) in [5.41, 5.74) is 7.11. The van der Waals surface area contributed by atoms with Gasteiger partial charge in [0.1, 0.15) is 0 Å². The van der Waals surface area contributed by atoms with Gasteiger partial charge in [-0.2, -0.15) is 0 Å². The third kappa shape index (κ3) is 2.99. The van der Waals surface area contributed by atoms with E-state index >= 15 is 0 Å². The van der Waals surface area contributed by atoms with Crippen LogP contribution in [0.4, 0.5) is 0 Å². The third-order valence-electron chi connectivity index (χ3n) is 4.79. The fourth-order valence-electron chi connectivity index (χ4n) is 3.51. The molecule has 0 spiro atoms. The Morgan fingerprint density at radius 3 is 2.81 bits per heavy atom. The number of hydrogen-bond acceptors (Lipinski definition) is 4. The predicted octanol–water partition coefficient (Wildman–Crippen LogP) is 2.18. The van der Waals surface area contributed by atoms with Crippen molar-refractivity contribution in [1.29, 1.82) is 0 Å². The summed E-state index contributed by atoms with van der Waals surface area (Å²) in [6, 6.07) is 0.291. The SMILES string of the molecule is CC(C)(C)c1nc(CC(=O)N2CC3CCC(N)C3C2)cs1. The summed E-state index contributed by atoms with van der Waals surface area (Å²) >= 11 is 1.66. The quantitative estimate of drug-likeness (QED) is 0.911. The van der Waals surface area contributed by atoms with Crippen molar-refractivity contribution >= 4 is 17.2 Å². The van der Waals surface area contributed by atoms with Gasteiger partial charge in [0.15, 0.2) is 0 Å². The van der Waals surface area contributed by atoms with Gasteiger partial charge in [-0.1, -0.05) is 20.8 Å². The van der Waals surface area contributed by atoms with Gasteiger partial charge < -0.3 is 10.6 Å². The lowest BCUT2D eigenvalue weighted by Gasteiger charge is -2.18. The summed E-state index contributed by atoms with van der Waals surface area (Å²) in [5, 5.41) is 3.13. The molecule has 1 aliphatic carbocycles. The Balaban J connectivity index is 1.61. The number of aromatic nitrogens is 1. The minimum Gasteiger partial charge on any atom is -0.342 e. The summed E-state index contributed by atoms with van der Waals surface area (Å²) in [5.74, 6) is 1.36. The van der Waals surface area contributed by atoms with Crippen molar-refractivity contribution in [2.45, 2.75) is 51.5 Å². The van der Waals surface area contributed by atoms with Gasteiger partial charge in [-0.25, -0.2) is 4.98 Å². The highest BCUT2D eigenvalue weighted by Crippen LogP contribution is 2.37. The van der Waals surface area contributed by atoms with E-state index in [4.69, 9.17) is 5.73 Å². The van der Waals surface area contributed by atoms with Gasteiger partial charge in [0, 0.05) is 29.9 Å². The molecule has 2 aliphatic rings. The first kappa shape index (κ1) is 15.0. The van der Waals surface area contributed by atoms with Crippen LogP contribution >= 0.6 is 11.3 Å². The molecule has 1 aromatic rings. The topological polar surface area (TPSA) is 59.2 Å². The summed E-state index contributed by atoms with van der Waals surface area (Å²) < 4.78 is 0. The smallest absolute Gasteiger partial charge is 0.228 e. The van der Waals surface area contributed by atoms with E-state index in [-0.39, 0.29) is 11.3 Å². The molecule has 0 radical (unpaired) electrons. The second-order valence-corrected chi connectivity index (χ2v) is 8.39. The summed E-state index contributed by atoms with van der Waals surface area (Å²) in [7, 11) is 0. The van der Waals surface area contributed by atoms with Crippen LogP contribution in [0.25, 0.3) is 0 Å². The Morgan fingerprint density at radius 1 is 1.43 bits per heavy atom. The Bertz CT molecular complexity index is 534. The first-order chi connectivity index (χ1) is 9.84. The lowest BCUT2D eigenvalue weighted by atomic mass is 9.98. The minimum absolute atomic E-state index is 0.0589. The van der Waals surface area contributed by atoms with Crippen molar-refractivity contribution in [1.82, 2.24) is 9.88 Å². The average Bonchev–Trinajstić information content (AvgIpc) is 3.06. The molecule has 2 fully saturated rings. The van der Waals surface area contributed by atoms with Gasteiger partial charge in [0.2, 0.25) is 5.91 Å². The number of fused-ring (bicyclic) bond motifs is 1. The molecule has 2 heterocycles. The first-order valence-corrected chi connectivity index (χ1v) is 8.71. The van der Waals surface area contributed by atoms with Crippen LogP contribution in [0.5, 0.6) is 0 Å². The average molecular weight is 307 g/mol. The second kappa shape index (κ2) is 5.36. The van der Waals surface area contributed by atoms with E-state index < -0.39 is 0 Å². The van der Waals surface area contributed by atoms with Crippen molar-refractivity contribution in [2.75, 3.05) is 13.1 Å². The summed E-state index contributed by atoms with van der Waals surface area (Å²) in [4.78, 5) is 19.1. The number of likely N-dealkylation sites (tertiary alicyclic amines) is 1. The fraction of sp³-hybridized carbons (Fsp3) is 0.750. The number of thiazole rings is 1. The number of nitrogens with zero attached hydrogens (tertiary/aromatic N) is 2. The molecule has 3 atom stereocenters. The Hall–Kier alpha value is -0.940. The molecule has 116 valence electrons. The van der Waals surface area contributed by atoms with E-state index in [1.165, 1.54) is 6.42 Å². The highest BCUT2D eigenvalue weighted by molar-refractivity contribution is 7.09. The van der Waals surface area contributed by atoms with Gasteiger partial charge in [0.25, 0.3) is 0 Å². The molecule has 1 aromatic heterocycles.